The number of carbonyl (C=O) groups excluding carboxylic acids is 2. The predicted octanol–water partition coefficient (Wildman–Crippen LogP) is 4.16. The highest BCUT2D eigenvalue weighted by Gasteiger charge is 2.46. The molecule has 0 bridgehead atoms. The van der Waals surface area contributed by atoms with Crippen molar-refractivity contribution >= 4 is 17.4 Å². The lowest BCUT2D eigenvalue weighted by atomic mass is 9.92. The van der Waals surface area contributed by atoms with Crippen molar-refractivity contribution in [2.75, 3.05) is 32.8 Å². The third-order valence-electron chi connectivity index (χ3n) is 6.01. The van der Waals surface area contributed by atoms with Gasteiger partial charge in [-0.1, -0.05) is 38.1 Å². The van der Waals surface area contributed by atoms with Crippen molar-refractivity contribution < 1.29 is 19.4 Å². The summed E-state index contributed by atoms with van der Waals surface area (Å²) in [6, 6.07) is 14.0. The van der Waals surface area contributed by atoms with E-state index < -0.39 is 17.7 Å². The number of hydrogen-bond donors (Lipinski definition) is 1. The number of likely N-dealkylation sites (N-methyl/N-ethyl adjacent to an activating group) is 1. The first-order valence-corrected chi connectivity index (χ1v) is 11.2. The zero-order valence-corrected chi connectivity index (χ0v) is 19.3. The first kappa shape index (κ1) is 23.5. The molecule has 1 saturated heterocycles. The fourth-order valence-corrected chi connectivity index (χ4v) is 4.15. The average Bonchev–Trinajstić information content (AvgIpc) is 3.05. The van der Waals surface area contributed by atoms with E-state index in [9.17, 15) is 14.7 Å². The normalized spacial score (nSPS) is 17.9. The SMILES string of the molecule is CCOc1ccc(/C(O)=C2/C(=O)C(=O)N(CCN(CC)CC)C2c2ccccc2C)cc1. The van der Waals surface area contributed by atoms with E-state index in [-0.39, 0.29) is 11.3 Å². The molecule has 32 heavy (non-hydrogen) atoms. The molecular weight excluding hydrogens is 404 g/mol. The van der Waals surface area contributed by atoms with Crippen LogP contribution in [-0.2, 0) is 9.59 Å². The number of nitrogens with zero attached hydrogens (tertiary/aromatic N) is 2. The van der Waals surface area contributed by atoms with Gasteiger partial charge in [0.15, 0.2) is 0 Å². The molecule has 170 valence electrons. The summed E-state index contributed by atoms with van der Waals surface area (Å²) in [5, 5.41) is 11.2. The smallest absolute Gasteiger partial charge is 0.295 e. The van der Waals surface area contributed by atoms with E-state index in [1.54, 1.807) is 29.2 Å². The minimum Gasteiger partial charge on any atom is -0.507 e. The van der Waals surface area contributed by atoms with E-state index in [1.807, 2.05) is 38.1 Å². The molecule has 0 saturated carbocycles. The zero-order chi connectivity index (χ0) is 23.3. The molecule has 0 spiro atoms. The Hall–Kier alpha value is -3.12. The Morgan fingerprint density at radius 1 is 1.03 bits per heavy atom. The highest BCUT2D eigenvalue weighted by Crippen LogP contribution is 2.40. The van der Waals surface area contributed by atoms with Crippen molar-refractivity contribution in [1.82, 2.24) is 9.80 Å². The first-order valence-electron chi connectivity index (χ1n) is 11.2. The fourth-order valence-electron chi connectivity index (χ4n) is 4.15. The number of hydrogen-bond acceptors (Lipinski definition) is 5. The van der Waals surface area contributed by atoms with Crippen LogP contribution in [0.5, 0.6) is 5.75 Å². The van der Waals surface area contributed by atoms with Gasteiger partial charge in [-0.3, -0.25) is 9.59 Å². The number of benzene rings is 2. The lowest BCUT2D eigenvalue weighted by Gasteiger charge is -2.29. The van der Waals surface area contributed by atoms with Crippen LogP contribution in [0, 0.1) is 6.92 Å². The van der Waals surface area contributed by atoms with Crippen molar-refractivity contribution in [1.29, 1.82) is 0 Å². The molecule has 1 unspecified atom stereocenters. The zero-order valence-electron chi connectivity index (χ0n) is 19.3. The van der Waals surface area contributed by atoms with Crippen LogP contribution < -0.4 is 4.74 Å². The molecule has 2 aromatic carbocycles. The lowest BCUT2D eigenvalue weighted by Crippen LogP contribution is -2.38. The van der Waals surface area contributed by atoms with Crippen LogP contribution in [-0.4, -0.2) is 59.4 Å². The van der Waals surface area contributed by atoms with Crippen LogP contribution in [0.1, 0.15) is 43.5 Å². The van der Waals surface area contributed by atoms with Gasteiger partial charge in [-0.05, 0) is 62.3 Å². The summed E-state index contributed by atoms with van der Waals surface area (Å²) in [4.78, 5) is 30.0. The quantitative estimate of drug-likeness (QED) is 0.363. The summed E-state index contributed by atoms with van der Waals surface area (Å²) in [6.45, 7) is 11.3. The molecule has 0 aromatic heterocycles. The second kappa shape index (κ2) is 10.5. The first-order chi connectivity index (χ1) is 15.4. The molecule has 1 amide bonds. The minimum absolute atomic E-state index is 0.132. The van der Waals surface area contributed by atoms with Crippen LogP contribution in [0.15, 0.2) is 54.1 Å². The molecule has 0 radical (unpaired) electrons. The Kier molecular flexibility index (Phi) is 7.70. The van der Waals surface area contributed by atoms with Gasteiger partial charge >= 0.3 is 0 Å². The van der Waals surface area contributed by atoms with Crippen molar-refractivity contribution in [2.24, 2.45) is 0 Å². The maximum atomic E-state index is 13.1. The Morgan fingerprint density at radius 3 is 2.28 bits per heavy atom. The van der Waals surface area contributed by atoms with Crippen LogP contribution in [0.25, 0.3) is 5.76 Å². The number of amides is 1. The van der Waals surface area contributed by atoms with Crippen molar-refractivity contribution in [3.05, 3.63) is 70.8 Å². The van der Waals surface area contributed by atoms with E-state index in [0.717, 1.165) is 24.2 Å². The van der Waals surface area contributed by atoms with Gasteiger partial charge < -0.3 is 19.6 Å². The topological polar surface area (TPSA) is 70.1 Å². The van der Waals surface area contributed by atoms with Gasteiger partial charge in [0.25, 0.3) is 11.7 Å². The number of aliphatic hydroxyl groups is 1. The number of aliphatic hydroxyl groups excluding tert-OH is 1. The van der Waals surface area contributed by atoms with Crippen LogP contribution in [0.3, 0.4) is 0 Å². The number of carbonyl (C=O) groups is 2. The maximum absolute atomic E-state index is 13.1. The Bertz CT molecular complexity index is 993. The van der Waals surface area contributed by atoms with Crippen LogP contribution in [0.4, 0.5) is 0 Å². The van der Waals surface area contributed by atoms with Gasteiger partial charge in [-0.15, -0.1) is 0 Å². The number of ketones is 1. The molecule has 2 aromatic rings. The minimum atomic E-state index is -0.649. The lowest BCUT2D eigenvalue weighted by molar-refractivity contribution is -0.140. The Morgan fingerprint density at radius 2 is 1.69 bits per heavy atom. The summed E-state index contributed by atoms with van der Waals surface area (Å²) in [6.07, 6.45) is 0. The van der Waals surface area contributed by atoms with E-state index in [4.69, 9.17) is 4.74 Å². The highest BCUT2D eigenvalue weighted by atomic mass is 16.5. The second-order valence-electron chi connectivity index (χ2n) is 7.83. The predicted molar refractivity (Wildman–Crippen MR) is 126 cm³/mol. The van der Waals surface area contributed by atoms with Gasteiger partial charge in [0.1, 0.15) is 11.5 Å². The molecule has 1 heterocycles. The summed E-state index contributed by atoms with van der Waals surface area (Å²) >= 11 is 0. The van der Waals surface area contributed by atoms with Crippen LogP contribution >= 0.6 is 0 Å². The number of rotatable bonds is 9. The second-order valence-corrected chi connectivity index (χ2v) is 7.83. The molecule has 1 N–H and O–H groups in total. The van der Waals surface area contributed by atoms with Gasteiger partial charge in [0.05, 0.1) is 18.2 Å². The molecule has 1 fully saturated rings. The van der Waals surface area contributed by atoms with Gasteiger partial charge in [-0.2, -0.15) is 0 Å². The summed E-state index contributed by atoms with van der Waals surface area (Å²) < 4.78 is 5.47. The molecule has 6 heteroatoms. The summed E-state index contributed by atoms with van der Waals surface area (Å²) in [7, 11) is 0. The van der Waals surface area contributed by atoms with Gasteiger partial charge in [-0.25, -0.2) is 0 Å². The third-order valence-corrected chi connectivity index (χ3v) is 6.01. The van der Waals surface area contributed by atoms with E-state index in [0.29, 0.717) is 31.0 Å². The maximum Gasteiger partial charge on any atom is 0.295 e. The van der Waals surface area contributed by atoms with Gasteiger partial charge in [0, 0.05) is 18.7 Å². The third kappa shape index (κ3) is 4.70. The number of ether oxygens (including phenoxy) is 1. The molecule has 1 aliphatic heterocycles. The largest absolute Gasteiger partial charge is 0.507 e. The molecule has 6 nitrogen and oxygen atoms in total. The van der Waals surface area contributed by atoms with E-state index >= 15 is 0 Å². The highest BCUT2D eigenvalue weighted by molar-refractivity contribution is 6.46. The molecular formula is C26H32N2O4. The Labute approximate surface area is 190 Å². The molecule has 1 atom stereocenters. The van der Waals surface area contributed by atoms with Crippen LogP contribution in [0.2, 0.25) is 0 Å². The average molecular weight is 437 g/mol. The fraction of sp³-hybridized carbons (Fsp3) is 0.385. The summed E-state index contributed by atoms with van der Waals surface area (Å²) in [5.74, 6) is -0.703. The number of Topliss-reactive ketones (excluding diaryl/α,β-unsaturated/α-hetero) is 1. The molecule has 0 aliphatic carbocycles. The monoisotopic (exact) mass is 436 g/mol. The van der Waals surface area contributed by atoms with E-state index in [1.165, 1.54) is 0 Å². The number of likely N-dealkylation sites (tertiary alicyclic amines) is 1. The van der Waals surface area contributed by atoms with Crippen molar-refractivity contribution in [3.8, 4) is 5.75 Å². The molecule has 3 rings (SSSR count). The summed E-state index contributed by atoms with van der Waals surface area (Å²) in [5.41, 5.74) is 2.42. The van der Waals surface area contributed by atoms with Gasteiger partial charge in [0.2, 0.25) is 0 Å². The van der Waals surface area contributed by atoms with Crippen molar-refractivity contribution in [2.45, 2.75) is 33.7 Å². The number of aryl methyl sites for hydroxylation is 1. The Balaban J connectivity index is 2.08. The standard InChI is InChI=1S/C26H32N2O4/c1-5-27(6-2)16-17-28-23(21-11-9-8-10-18(21)4)22(25(30)26(28)31)24(29)19-12-14-20(15-13-19)32-7-3/h8-15,23,29H,5-7,16-17H2,1-4H3/b24-22-. The van der Waals surface area contributed by atoms with Crippen molar-refractivity contribution in [3.63, 3.8) is 0 Å². The molecule has 1 aliphatic rings. The van der Waals surface area contributed by atoms with E-state index in [2.05, 4.69) is 18.7 Å².